The first kappa shape index (κ1) is 9.48. The van der Waals surface area contributed by atoms with E-state index in [-0.39, 0.29) is 18.3 Å². The predicted molar refractivity (Wildman–Crippen MR) is 41.6 cm³/mol. The summed E-state index contributed by atoms with van der Waals surface area (Å²) in [5, 5.41) is 9.43. The van der Waals surface area contributed by atoms with Crippen LogP contribution in [0.25, 0.3) is 0 Å². The molecule has 0 unspecified atom stereocenters. The minimum atomic E-state index is -0.419. The maximum Gasteiger partial charge on any atom is 0.305 e. The highest BCUT2D eigenvalue weighted by Crippen LogP contribution is 2.18. The average molecular weight is 174 g/mol. The number of methoxy groups -OCH3 is 1. The second kappa shape index (κ2) is 4.42. The number of carbonyl (C=O) groups is 1. The van der Waals surface area contributed by atoms with Gasteiger partial charge in [0.2, 0.25) is 0 Å². The topological polar surface area (TPSA) is 55.8 Å². The molecule has 0 aromatic carbocycles. The molecule has 1 fully saturated rings. The van der Waals surface area contributed by atoms with E-state index in [2.05, 4.69) is 4.74 Å². The van der Waals surface area contributed by atoms with Crippen molar-refractivity contribution in [2.24, 2.45) is 5.92 Å². The lowest BCUT2D eigenvalue weighted by Crippen LogP contribution is -2.33. The molecule has 0 spiro atoms. The minimum absolute atomic E-state index is 0.0915. The van der Waals surface area contributed by atoms with Crippen molar-refractivity contribution in [1.29, 1.82) is 0 Å². The summed E-state index contributed by atoms with van der Waals surface area (Å²) in [5.41, 5.74) is 0. The number of rotatable bonds is 2. The molecule has 1 rings (SSSR count). The van der Waals surface area contributed by atoms with E-state index in [1.807, 2.05) is 0 Å². The fourth-order valence-electron chi connectivity index (χ4n) is 1.28. The first-order valence-corrected chi connectivity index (χ1v) is 4.06. The minimum Gasteiger partial charge on any atom is -0.469 e. The van der Waals surface area contributed by atoms with Crippen LogP contribution in [-0.2, 0) is 14.3 Å². The molecule has 2 atom stereocenters. The molecule has 1 heterocycles. The third-order valence-electron chi connectivity index (χ3n) is 2.09. The smallest absolute Gasteiger partial charge is 0.305 e. The Morgan fingerprint density at radius 3 is 3.08 bits per heavy atom. The van der Waals surface area contributed by atoms with Crippen molar-refractivity contribution in [2.45, 2.75) is 18.9 Å². The molecule has 0 aliphatic carbocycles. The summed E-state index contributed by atoms with van der Waals surface area (Å²) >= 11 is 0. The van der Waals surface area contributed by atoms with Crippen molar-refractivity contribution >= 4 is 5.97 Å². The molecule has 1 saturated heterocycles. The van der Waals surface area contributed by atoms with Crippen LogP contribution in [-0.4, -0.2) is 37.5 Å². The van der Waals surface area contributed by atoms with Gasteiger partial charge in [-0.15, -0.1) is 0 Å². The van der Waals surface area contributed by atoms with E-state index in [1.165, 1.54) is 7.11 Å². The summed E-state index contributed by atoms with van der Waals surface area (Å²) in [4.78, 5) is 10.8. The Morgan fingerprint density at radius 1 is 1.75 bits per heavy atom. The van der Waals surface area contributed by atoms with E-state index >= 15 is 0 Å². The number of hydrogen-bond acceptors (Lipinski definition) is 4. The molecular weight excluding hydrogens is 160 g/mol. The number of hydrogen-bond donors (Lipinski definition) is 1. The van der Waals surface area contributed by atoms with Crippen molar-refractivity contribution in [3.63, 3.8) is 0 Å². The van der Waals surface area contributed by atoms with Crippen LogP contribution in [0.3, 0.4) is 0 Å². The largest absolute Gasteiger partial charge is 0.469 e. The normalized spacial score (nSPS) is 29.8. The van der Waals surface area contributed by atoms with E-state index in [9.17, 15) is 9.90 Å². The van der Waals surface area contributed by atoms with E-state index < -0.39 is 6.10 Å². The van der Waals surface area contributed by atoms with Gasteiger partial charge in [0.25, 0.3) is 0 Å². The van der Waals surface area contributed by atoms with Gasteiger partial charge < -0.3 is 14.6 Å². The number of aliphatic hydroxyl groups is 1. The highest BCUT2D eigenvalue weighted by molar-refractivity contribution is 5.69. The zero-order chi connectivity index (χ0) is 8.97. The van der Waals surface area contributed by atoms with Crippen LogP contribution in [0.4, 0.5) is 0 Å². The quantitative estimate of drug-likeness (QED) is 0.596. The lowest BCUT2D eigenvalue weighted by Gasteiger charge is -2.26. The van der Waals surface area contributed by atoms with Gasteiger partial charge in [0.1, 0.15) is 0 Å². The molecule has 4 heteroatoms. The number of aliphatic hydroxyl groups excluding tert-OH is 1. The second-order valence-corrected chi connectivity index (χ2v) is 2.97. The van der Waals surface area contributed by atoms with Crippen molar-refractivity contribution in [3.8, 4) is 0 Å². The average Bonchev–Trinajstić information content (AvgIpc) is 2.09. The lowest BCUT2D eigenvalue weighted by atomic mass is 9.95. The van der Waals surface area contributed by atoms with E-state index in [0.29, 0.717) is 19.6 Å². The summed E-state index contributed by atoms with van der Waals surface area (Å²) in [6.07, 6.45) is 0.442. The lowest BCUT2D eigenvalue weighted by molar-refractivity contribution is -0.145. The van der Waals surface area contributed by atoms with Crippen LogP contribution in [0.15, 0.2) is 0 Å². The molecule has 0 bridgehead atoms. The van der Waals surface area contributed by atoms with Gasteiger partial charge in [-0.05, 0) is 6.42 Å². The van der Waals surface area contributed by atoms with Crippen LogP contribution >= 0.6 is 0 Å². The Bertz CT molecular complexity index is 157. The van der Waals surface area contributed by atoms with Crippen LogP contribution in [0, 0.1) is 5.92 Å². The SMILES string of the molecule is COC(=O)C[C@H]1COCC[C@@H]1O. The van der Waals surface area contributed by atoms with Gasteiger partial charge in [0.05, 0.1) is 26.2 Å². The van der Waals surface area contributed by atoms with Crippen molar-refractivity contribution < 1.29 is 19.4 Å². The van der Waals surface area contributed by atoms with Crippen LogP contribution < -0.4 is 0 Å². The van der Waals surface area contributed by atoms with Crippen LogP contribution in [0.5, 0.6) is 0 Å². The molecule has 0 amide bonds. The first-order chi connectivity index (χ1) is 5.74. The summed E-state index contributed by atoms with van der Waals surface area (Å²) in [7, 11) is 1.35. The summed E-state index contributed by atoms with van der Waals surface area (Å²) in [5.74, 6) is -0.379. The first-order valence-electron chi connectivity index (χ1n) is 4.06. The fourth-order valence-corrected chi connectivity index (χ4v) is 1.28. The zero-order valence-electron chi connectivity index (χ0n) is 7.16. The van der Waals surface area contributed by atoms with Crippen molar-refractivity contribution in [2.75, 3.05) is 20.3 Å². The number of carbonyl (C=O) groups excluding carboxylic acids is 1. The van der Waals surface area contributed by atoms with Gasteiger partial charge >= 0.3 is 5.97 Å². The Kier molecular flexibility index (Phi) is 3.49. The van der Waals surface area contributed by atoms with Gasteiger partial charge in [-0.3, -0.25) is 4.79 Å². The molecule has 1 aliphatic heterocycles. The highest BCUT2D eigenvalue weighted by Gasteiger charge is 2.26. The molecule has 70 valence electrons. The number of ether oxygens (including phenoxy) is 2. The molecule has 1 aliphatic rings. The molecule has 0 aromatic heterocycles. The Hall–Kier alpha value is -0.610. The van der Waals surface area contributed by atoms with Crippen molar-refractivity contribution in [1.82, 2.24) is 0 Å². The Labute approximate surface area is 71.5 Å². The van der Waals surface area contributed by atoms with Crippen molar-refractivity contribution in [3.05, 3.63) is 0 Å². The maximum absolute atomic E-state index is 10.8. The van der Waals surface area contributed by atoms with E-state index in [1.54, 1.807) is 0 Å². The maximum atomic E-state index is 10.8. The fraction of sp³-hybridized carbons (Fsp3) is 0.875. The molecule has 4 nitrogen and oxygen atoms in total. The summed E-state index contributed by atoms with van der Waals surface area (Å²) < 4.78 is 9.63. The van der Waals surface area contributed by atoms with Gasteiger partial charge in [0, 0.05) is 12.5 Å². The zero-order valence-corrected chi connectivity index (χ0v) is 7.16. The highest BCUT2D eigenvalue weighted by atomic mass is 16.5. The summed E-state index contributed by atoms with van der Waals surface area (Å²) in [6, 6.07) is 0. The molecule has 0 aromatic rings. The standard InChI is InChI=1S/C8H14O4/c1-11-8(10)4-6-5-12-3-2-7(6)9/h6-7,9H,2-5H2,1H3/t6-,7-/m0/s1. The monoisotopic (exact) mass is 174 g/mol. The molecule has 1 N–H and O–H groups in total. The van der Waals surface area contributed by atoms with Gasteiger partial charge in [0.15, 0.2) is 0 Å². The van der Waals surface area contributed by atoms with Gasteiger partial charge in [-0.1, -0.05) is 0 Å². The molecule has 0 radical (unpaired) electrons. The van der Waals surface area contributed by atoms with Crippen LogP contribution in [0.2, 0.25) is 0 Å². The van der Waals surface area contributed by atoms with Gasteiger partial charge in [-0.2, -0.15) is 0 Å². The Morgan fingerprint density at radius 2 is 2.50 bits per heavy atom. The second-order valence-electron chi connectivity index (χ2n) is 2.97. The predicted octanol–water partition coefficient (Wildman–Crippen LogP) is -0.0531. The molecular formula is C8H14O4. The third-order valence-corrected chi connectivity index (χ3v) is 2.09. The van der Waals surface area contributed by atoms with Gasteiger partial charge in [-0.25, -0.2) is 0 Å². The van der Waals surface area contributed by atoms with E-state index in [4.69, 9.17) is 4.74 Å². The third kappa shape index (κ3) is 2.46. The van der Waals surface area contributed by atoms with E-state index in [0.717, 1.165) is 0 Å². The molecule has 12 heavy (non-hydrogen) atoms. The molecule has 0 saturated carbocycles. The summed E-state index contributed by atoms with van der Waals surface area (Å²) in [6.45, 7) is 1.04. The van der Waals surface area contributed by atoms with Crippen LogP contribution in [0.1, 0.15) is 12.8 Å². The number of esters is 1. The Balaban J connectivity index is 2.33.